The highest BCUT2D eigenvalue weighted by Gasteiger charge is 2.03. The summed E-state index contributed by atoms with van der Waals surface area (Å²) in [6.45, 7) is 1.07. The molecule has 2 amide bonds. The number of unbranched alkanes of at least 4 members (excludes halogenated alkanes) is 16. The predicted octanol–water partition coefficient (Wildman–Crippen LogP) is 6.08. The fraction of sp³-hybridized carbons (Fsp3) is 0.857. The summed E-state index contributed by atoms with van der Waals surface area (Å²) >= 11 is 0. The molecular weight excluding hydrogens is 444 g/mol. The molecular formula is C28H52N2O5. The average Bonchev–Trinajstić information content (AvgIpc) is 2.83. The van der Waals surface area contributed by atoms with E-state index in [2.05, 4.69) is 10.6 Å². The van der Waals surface area contributed by atoms with Crippen molar-refractivity contribution in [3.8, 4) is 0 Å². The third kappa shape index (κ3) is 28.2. The predicted molar refractivity (Wildman–Crippen MR) is 141 cm³/mol. The van der Waals surface area contributed by atoms with Gasteiger partial charge in [0.05, 0.1) is 0 Å². The number of aldehydes is 1. The van der Waals surface area contributed by atoms with Crippen LogP contribution in [0.1, 0.15) is 141 Å². The first kappa shape index (κ1) is 33.1. The van der Waals surface area contributed by atoms with Crippen LogP contribution < -0.4 is 10.6 Å². The van der Waals surface area contributed by atoms with Crippen LogP contribution in [-0.4, -0.2) is 42.3 Å². The van der Waals surface area contributed by atoms with E-state index in [1.807, 2.05) is 0 Å². The highest BCUT2D eigenvalue weighted by Crippen LogP contribution is 2.14. The lowest BCUT2D eigenvalue weighted by Crippen LogP contribution is -2.27. The summed E-state index contributed by atoms with van der Waals surface area (Å²) in [4.78, 5) is 44.1. The van der Waals surface area contributed by atoms with E-state index in [1.165, 1.54) is 77.0 Å². The normalized spacial score (nSPS) is 10.7. The molecule has 0 unspecified atom stereocenters. The molecule has 0 aliphatic carbocycles. The van der Waals surface area contributed by atoms with Gasteiger partial charge in [-0.25, -0.2) is 0 Å². The molecule has 35 heavy (non-hydrogen) atoms. The molecule has 0 rings (SSSR count). The van der Waals surface area contributed by atoms with Crippen LogP contribution in [0, 0.1) is 0 Å². The Morgan fingerprint density at radius 1 is 0.486 bits per heavy atom. The third-order valence-electron chi connectivity index (χ3n) is 6.27. The Labute approximate surface area is 213 Å². The van der Waals surface area contributed by atoms with Gasteiger partial charge in [-0.15, -0.1) is 0 Å². The lowest BCUT2D eigenvalue weighted by Gasteiger charge is -2.06. The molecule has 0 atom stereocenters. The zero-order valence-electron chi connectivity index (χ0n) is 22.1. The molecule has 0 spiro atoms. The maximum atomic E-state index is 11.9. The Bertz CT molecular complexity index is 539. The Morgan fingerprint density at radius 2 is 0.829 bits per heavy atom. The molecule has 0 aliphatic rings. The average molecular weight is 497 g/mol. The van der Waals surface area contributed by atoms with E-state index in [0.29, 0.717) is 51.6 Å². The van der Waals surface area contributed by atoms with Gasteiger partial charge in [-0.05, 0) is 25.7 Å². The maximum absolute atomic E-state index is 11.9. The van der Waals surface area contributed by atoms with Crippen LogP contribution in [0.3, 0.4) is 0 Å². The largest absolute Gasteiger partial charge is 0.481 e. The first-order chi connectivity index (χ1) is 17.1. The van der Waals surface area contributed by atoms with Crippen LogP contribution in [0.4, 0.5) is 0 Å². The van der Waals surface area contributed by atoms with Gasteiger partial charge >= 0.3 is 5.97 Å². The Hall–Kier alpha value is -1.92. The summed E-state index contributed by atoms with van der Waals surface area (Å²) in [5, 5.41) is 14.3. The Kier molecular flexibility index (Phi) is 25.2. The molecule has 0 bridgehead atoms. The molecule has 0 saturated carbocycles. The van der Waals surface area contributed by atoms with Crippen molar-refractivity contribution in [1.29, 1.82) is 0 Å². The molecule has 0 aliphatic heterocycles. The summed E-state index contributed by atoms with van der Waals surface area (Å²) < 4.78 is 0. The van der Waals surface area contributed by atoms with Gasteiger partial charge in [0.25, 0.3) is 0 Å². The summed E-state index contributed by atoms with van der Waals surface area (Å²) in [7, 11) is 0. The fourth-order valence-electron chi connectivity index (χ4n) is 4.10. The van der Waals surface area contributed by atoms with Crippen molar-refractivity contribution in [1.82, 2.24) is 10.6 Å². The van der Waals surface area contributed by atoms with Gasteiger partial charge in [0, 0.05) is 38.8 Å². The van der Waals surface area contributed by atoms with Crippen molar-refractivity contribution in [2.75, 3.05) is 13.1 Å². The van der Waals surface area contributed by atoms with Crippen LogP contribution in [0.5, 0.6) is 0 Å². The van der Waals surface area contributed by atoms with Gasteiger partial charge in [0.15, 0.2) is 0 Å². The van der Waals surface area contributed by atoms with Crippen molar-refractivity contribution in [3.63, 3.8) is 0 Å². The molecule has 0 radical (unpaired) electrons. The fourth-order valence-corrected chi connectivity index (χ4v) is 4.10. The first-order valence-corrected chi connectivity index (χ1v) is 14.2. The molecule has 3 N–H and O–H groups in total. The maximum Gasteiger partial charge on any atom is 0.303 e. The molecule has 7 nitrogen and oxygen atoms in total. The second-order valence-electron chi connectivity index (χ2n) is 9.66. The number of rotatable bonds is 27. The van der Waals surface area contributed by atoms with E-state index in [4.69, 9.17) is 5.11 Å². The zero-order valence-corrected chi connectivity index (χ0v) is 22.1. The second-order valence-corrected chi connectivity index (χ2v) is 9.66. The van der Waals surface area contributed by atoms with Gasteiger partial charge in [0.1, 0.15) is 6.29 Å². The molecule has 204 valence electrons. The summed E-state index contributed by atoms with van der Waals surface area (Å²) in [5.41, 5.74) is 0. The SMILES string of the molecule is O=CCCCNC(=O)CCCNC(=O)CCCCCCCCCCCCCCCCCCC(=O)O. The smallest absolute Gasteiger partial charge is 0.303 e. The number of aliphatic carboxylic acids is 1. The van der Waals surface area contributed by atoms with Crippen molar-refractivity contribution >= 4 is 24.1 Å². The second kappa shape index (κ2) is 26.7. The van der Waals surface area contributed by atoms with E-state index in [1.54, 1.807) is 0 Å². The summed E-state index contributed by atoms with van der Waals surface area (Å²) in [6.07, 6.45) is 23.2. The molecule has 0 saturated heterocycles. The van der Waals surface area contributed by atoms with Crippen molar-refractivity contribution < 1.29 is 24.3 Å². The summed E-state index contributed by atoms with van der Waals surface area (Å²) in [6, 6.07) is 0. The Balaban J connectivity index is 3.23. The first-order valence-electron chi connectivity index (χ1n) is 14.2. The Morgan fingerprint density at radius 3 is 1.23 bits per heavy atom. The lowest BCUT2D eigenvalue weighted by atomic mass is 10.0. The van der Waals surface area contributed by atoms with Gasteiger partial charge in [-0.1, -0.05) is 89.9 Å². The zero-order chi connectivity index (χ0) is 25.8. The standard InChI is InChI=1S/C28H52N2O5/c31-25-18-17-23-29-27(33)21-19-24-30-26(32)20-15-13-11-9-7-5-3-1-2-4-6-8-10-12-14-16-22-28(34)35/h25H,1-24H2,(H,29,33)(H,30,32)(H,34,35). The monoisotopic (exact) mass is 496 g/mol. The van der Waals surface area contributed by atoms with E-state index < -0.39 is 5.97 Å². The van der Waals surface area contributed by atoms with E-state index in [0.717, 1.165) is 32.0 Å². The van der Waals surface area contributed by atoms with Crippen molar-refractivity contribution in [2.45, 2.75) is 141 Å². The number of hydrogen-bond donors (Lipinski definition) is 3. The van der Waals surface area contributed by atoms with Crippen molar-refractivity contribution in [3.05, 3.63) is 0 Å². The molecule has 0 aromatic carbocycles. The number of amides is 2. The van der Waals surface area contributed by atoms with Crippen LogP contribution >= 0.6 is 0 Å². The minimum atomic E-state index is -0.678. The number of carboxylic acids is 1. The summed E-state index contributed by atoms with van der Waals surface area (Å²) in [5.74, 6) is -0.625. The quantitative estimate of drug-likeness (QED) is 0.0941. The topological polar surface area (TPSA) is 113 Å². The van der Waals surface area contributed by atoms with Crippen LogP contribution in [-0.2, 0) is 19.2 Å². The third-order valence-corrected chi connectivity index (χ3v) is 6.27. The number of carbonyl (C=O) groups excluding carboxylic acids is 3. The van der Waals surface area contributed by atoms with E-state index in [9.17, 15) is 19.2 Å². The highest BCUT2D eigenvalue weighted by molar-refractivity contribution is 5.77. The molecule has 0 aromatic rings. The minimum Gasteiger partial charge on any atom is -0.481 e. The molecule has 0 fully saturated rings. The number of hydrogen-bond acceptors (Lipinski definition) is 4. The lowest BCUT2D eigenvalue weighted by molar-refractivity contribution is -0.137. The molecule has 0 heterocycles. The number of carboxylic acid groups (broad SMARTS) is 1. The molecule has 7 heteroatoms. The van der Waals surface area contributed by atoms with Crippen LogP contribution in [0.2, 0.25) is 0 Å². The van der Waals surface area contributed by atoms with Gasteiger partial charge in [-0.2, -0.15) is 0 Å². The van der Waals surface area contributed by atoms with Crippen LogP contribution in [0.25, 0.3) is 0 Å². The van der Waals surface area contributed by atoms with Gasteiger partial charge < -0.3 is 20.5 Å². The highest BCUT2D eigenvalue weighted by atomic mass is 16.4. The van der Waals surface area contributed by atoms with Gasteiger partial charge in [-0.3, -0.25) is 14.4 Å². The van der Waals surface area contributed by atoms with Crippen LogP contribution in [0.15, 0.2) is 0 Å². The van der Waals surface area contributed by atoms with E-state index >= 15 is 0 Å². The number of nitrogens with one attached hydrogen (secondary N) is 2. The minimum absolute atomic E-state index is 0.0246. The van der Waals surface area contributed by atoms with E-state index in [-0.39, 0.29) is 11.8 Å². The van der Waals surface area contributed by atoms with Crippen molar-refractivity contribution in [2.24, 2.45) is 0 Å². The number of carbonyl (C=O) groups is 4. The van der Waals surface area contributed by atoms with Gasteiger partial charge in [0.2, 0.25) is 11.8 Å². The molecule has 0 aromatic heterocycles.